The van der Waals surface area contributed by atoms with Gasteiger partial charge in [-0.1, -0.05) is 11.2 Å². The molecule has 0 spiro atoms. The monoisotopic (exact) mass is 397 g/mol. The third-order valence-corrected chi connectivity index (χ3v) is 4.26. The zero-order valence-electron chi connectivity index (χ0n) is 16.6. The fourth-order valence-corrected chi connectivity index (χ4v) is 2.77. The molecule has 1 amide bonds. The lowest BCUT2D eigenvalue weighted by Crippen LogP contribution is -2.11. The van der Waals surface area contributed by atoms with Gasteiger partial charge in [-0.25, -0.2) is 0 Å². The van der Waals surface area contributed by atoms with Crippen LogP contribution >= 0.6 is 0 Å². The summed E-state index contributed by atoms with van der Waals surface area (Å²) in [6, 6.07) is 12.6. The maximum absolute atomic E-state index is 12.1. The topological polar surface area (TPSA) is 95.7 Å². The maximum atomic E-state index is 12.1. The first-order valence-electron chi connectivity index (χ1n) is 9.12. The number of aromatic nitrogens is 2. The van der Waals surface area contributed by atoms with Gasteiger partial charge in [-0.05, 0) is 36.8 Å². The van der Waals surface area contributed by atoms with Gasteiger partial charge in [0, 0.05) is 30.2 Å². The van der Waals surface area contributed by atoms with Gasteiger partial charge >= 0.3 is 0 Å². The van der Waals surface area contributed by atoms with E-state index in [0.29, 0.717) is 53.9 Å². The first-order valence-corrected chi connectivity index (χ1v) is 9.12. The molecule has 152 valence electrons. The molecule has 1 N–H and O–H groups in total. The number of nitrogens with one attached hydrogen (secondary N) is 1. The molecule has 1 heterocycles. The molecule has 2 aromatic carbocycles. The Hall–Kier alpha value is -3.55. The SMILES string of the molecule is COc1cccc(NC(=O)CCCc2nc(-c3ccc(OC)c(OC)c3)no2)c1. The van der Waals surface area contributed by atoms with E-state index in [-0.39, 0.29) is 5.91 Å². The second-order valence-corrected chi connectivity index (χ2v) is 6.22. The Labute approximate surface area is 168 Å². The van der Waals surface area contributed by atoms with E-state index in [9.17, 15) is 4.79 Å². The van der Waals surface area contributed by atoms with E-state index in [1.165, 1.54) is 0 Å². The van der Waals surface area contributed by atoms with E-state index >= 15 is 0 Å². The van der Waals surface area contributed by atoms with Gasteiger partial charge in [-0.2, -0.15) is 4.98 Å². The molecule has 0 saturated carbocycles. The number of carbonyl (C=O) groups is 1. The summed E-state index contributed by atoms with van der Waals surface area (Å²) in [6.45, 7) is 0. The highest BCUT2D eigenvalue weighted by molar-refractivity contribution is 5.90. The van der Waals surface area contributed by atoms with Crippen molar-refractivity contribution in [1.82, 2.24) is 10.1 Å². The minimum absolute atomic E-state index is 0.0853. The number of anilines is 1. The molecule has 8 nitrogen and oxygen atoms in total. The fraction of sp³-hybridized carbons (Fsp3) is 0.286. The number of nitrogens with zero attached hydrogens (tertiary/aromatic N) is 2. The van der Waals surface area contributed by atoms with Crippen molar-refractivity contribution in [3.8, 4) is 28.6 Å². The number of aryl methyl sites for hydroxylation is 1. The van der Waals surface area contributed by atoms with E-state index in [0.717, 1.165) is 5.56 Å². The van der Waals surface area contributed by atoms with Gasteiger partial charge in [0.15, 0.2) is 11.5 Å². The Balaban J connectivity index is 1.53. The molecule has 3 rings (SSSR count). The summed E-state index contributed by atoms with van der Waals surface area (Å²) in [5.74, 6) is 2.76. The zero-order chi connectivity index (χ0) is 20.6. The van der Waals surface area contributed by atoms with Crippen LogP contribution in [-0.2, 0) is 11.2 Å². The fourth-order valence-electron chi connectivity index (χ4n) is 2.77. The summed E-state index contributed by atoms with van der Waals surface area (Å²) in [6.07, 6.45) is 1.43. The number of rotatable bonds is 9. The average molecular weight is 397 g/mol. The summed E-state index contributed by atoms with van der Waals surface area (Å²) in [5.41, 5.74) is 1.45. The van der Waals surface area contributed by atoms with Crippen molar-refractivity contribution in [3.05, 3.63) is 48.4 Å². The summed E-state index contributed by atoms with van der Waals surface area (Å²) in [7, 11) is 4.73. The molecular formula is C21H23N3O5. The highest BCUT2D eigenvalue weighted by Gasteiger charge is 2.13. The highest BCUT2D eigenvalue weighted by atomic mass is 16.5. The molecule has 0 aliphatic heterocycles. The zero-order valence-corrected chi connectivity index (χ0v) is 16.6. The average Bonchev–Trinajstić information content (AvgIpc) is 3.22. The van der Waals surface area contributed by atoms with Crippen LogP contribution in [0.2, 0.25) is 0 Å². The lowest BCUT2D eigenvalue weighted by atomic mass is 10.2. The van der Waals surface area contributed by atoms with Crippen LogP contribution in [0.25, 0.3) is 11.4 Å². The molecule has 3 aromatic rings. The van der Waals surface area contributed by atoms with Gasteiger partial charge in [0.1, 0.15) is 5.75 Å². The number of amides is 1. The van der Waals surface area contributed by atoms with E-state index in [2.05, 4.69) is 15.5 Å². The van der Waals surface area contributed by atoms with Gasteiger partial charge in [0.05, 0.1) is 21.3 Å². The van der Waals surface area contributed by atoms with Crippen LogP contribution in [0.1, 0.15) is 18.7 Å². The molecule has 0 aliphatic carbocycles. The second-order valence-electron chi connectivity index (χ2n) is 6.22. The van der Waals surface area contributed by atoms with Crippen molar-refractivity contribution in [2.45, 2.75) is 19.3 Å². The van der Waals surface area contributed by atoms with E-state index in [1.54, 1.807) is 39.5 Å². The first kappa shape index (κ1) is 20.2. The third-order valence-electron chi connectivity index (χ3n) is 4.26. The predicted molar refractivity (Wildman–Crippen MR) is 107 cm³/mol. The quantitative estimate of drug-likeness (QED) is 0.588. The number of hydrogen-bond acceptors (Lipinski definition) is 7. The Morgan fingerprint density at radius 3 is 2.62 bits per heavy atom. The van der Waals surface area contributed by atoms with E-state index in [1.807, 2.05) is 24.3 Å². The Morgan fingerprint density at radius 2 is 1.86 bits per heavy atom. The first-order chi connectivity index (χ1) is 14.1. The van der Waals surface area contributed by atoms with Gasteiger partial charge < -0.3 is 24.1 Å². The standard InChI is InChI=1S/C21H23N3O5/c1-26-16-7-4-6-15(13-16)22-19(25)8-5-9-20-23-21(24-29-20)14-10-11-17(27-2)18(12-14)28-3/h4,6-7,10-13H,5,8-9H2,1-3H3,(H,22,25). The minimum atomic E-state index is -0.0853. The largest absolute Gasteiger partial charge is 0.497 e. The number of hydrogen-bond donors (Lipinski definition) is 1. The number of methoxy groups -OCH3 is 3. The van der Waals surface area contributed by atoms with Crippen molar-refractivity contribution in [1.29, 1.82) is 0 Å². The van der Waals surface area contributed by atoms with Crippen LogP contribution in [-0.4, -0.2) is 37.4 Å². The third kappa shape index (κ3) is 5.25. The molecule has 0 radical (unpaired) electrons. The molecule has 0 atom stereocenters. The van der Waals surface area contributed by atoms with Crippen LogP contribution < -0.4 is 19.5 Å². The van der Waals surface area contributed by atoms with Crippen LogP contribution in [0.4, 0.5) is 5.69 Å². The molecule has 0 fully saturated rings. The molecule has 8 heteroatoms. The molecule has 0 unspecified atom stereocenters. The number of carbonyl (C=O) groups excluding carboxylic acids is 1. The molecule has 0 aliphatic rings. The molecule has 29 heavy (non-hydrogen) atoms. The smallest absolute Gasteiger partial charge is 0.226 e. The van der Waals surface area contributed by atoms with Crippen LogP contribution in [0.3, 0.4) is 0 Å². The summed E-state index contributed by atoms with van der Waals surface area (Å²) < 4.78 is 21.0. The Bertz CT molecular complexity index is 970. The molecule has 0 saturated heterocycles. The van der Waals surface area contributed by atoms with Crippen LogP contribution in [0.15, 0.2) is 47.0 Å². The number of ether oxygens (including phenoxy) is 3. The van der Waals surface area contributed by atoms with Gasteiger partial charge in [0.25, 0.3) is 0 Å². The lowest BCUT2D eigenvalue weighted by Gasteiger charge is -2.07. The van der Waals surface area contributed by atoms with E-state index in [4.69, 9.17) is 18.7 Å². The molecular weight excluding hydrogens is 374 g/mol. The lowest BCUT2D eigenvalue weighted by molar-refractivity contribution is -0.116. The van der Waals surface area contributed by atoms with Gasteiger partial charge in [-0.15, -0.1) is 0 Å². The summed E-state index contributed by atoms with van der Waals surface area (Å²) in [4.78, 5) is 16.5. The minimum Gasteiger partial charge on any atom is -0.497 e. The predicted octanol–water partition coefficient (Wildman–Crippen LogP) is 3.72. The van der Waals surface area contributed by atoms with Crippen molar-refractivity contribution in [3.63, 3.8) is 0 Å². The van der Waals surface area contributed by atoms with Crippen molar-refractivity contribution >= 4 is 11.6 Å². The maximum Gasteiger partial charge on any atom is 0.226 e. The highest BCUT2D eigenvalue weighted by Crippen LogP contribution is 2.31. The van der Waals surface area contributed by atoms with Gasteiger partial charge in [-0.3, -0.25) is 4.79 Å². The van der Waals surface area contributed by atoms with Crippen molar-refractivity contribution < 1.29 is 23.5 Å². The molecule has 0 bridgehead atoms. The van der Waals surface area contributed by atoms with E-state index < -0.39 is 0 Å². The molecule has 1 aromatic heterocycles. The summed E-state index contributed by atoms with van der Waals surface area (Å²) >= 11 is 0. The number of benzene rings is 2. The Morgan fingerprint density at radius 1 is 1.03 bits per heavy atom. The summed E-state index contributed by atoms with van der Waals surface area (Å²) in [5, 5.41) is 6.85. The van der Waals surface area contributed by atoms with Crippen LogP contribution in [0.5, 0.6) is 17.2 Å². The second kappa shape index (κ2) is 9.59. The van der Waals surface area contributed by atoms with Gasteiger partial charge in [0.2, 0.25) is 17.6 Å². The van der Waals surface area contributed by atoms with Crippen molar-refractivity contribution in [2.75, 3.05) is 26.6 Å². The Kier molecular flexibility index (Phi) is 6.67. The van der Waals surface area contributed by atoms with Crippen LogP contribution in [0, 0.1) is 0 Å². The normalized spacial score (nSPS) is 10.4. The van der Waals surface area contributed by atoms with Crippen molar-refractivity contribution in [2.24, 2.45) is 0 Å².